The number of carbonyl (C=O) groups is 1. The minimum Gasteiger partial charge on any atom is -0.357 e. The highest BCUT2D eigenvalue weighted by Gasteiger charge is 2.13. The Morgan fingerprint density at radius 1 is 1.08 bits per heavy atom. The molecule has 0 aromatic carbocycles. The number of carbonyl (C=O) groups excluding carboxylic acids is 1. The molecule has 0 bridgehead atoms. The van der Waals surface area contributed by atoms with E-state index in [1.165, 1.54) is 0 Å². The number of halogens is 1. The fraction of sp³-hybridized carbons (Fsp3) is 0.889. The number of hydrogen-bond donors (Lipinski definition) is 2. The van der Waals surface area contributed by atoms with Crippen molar-refractivity contribution in [3.8, 4) is 0 Å². The van der Waals surface area contributed by atoms with E-state index in [9.17, 15) is 4.79 Å². The average Bonchev–Trinajstić information content (AvgIpc) is 2.51. The van der Waals surface area contributed by atoms with Crippen LogP contribution >= 0.6 is 24.0 Å². The predicted octanol–water partition coefficient (Wildman–Crippen LogP) is 2.39. The number of amides is 1. The standard InChI is InChI=1S/C18H39N5O.HI/c1-8-19-18(20-12-11-17(24)23(9-2)10-3)21-14-16(22(6)7)13-15(4)5;/h15-16H,8-14H2,1-7H3,(H2,19,20,21);1H. The van der Waals surface area contributed by atoms with Crippen molar-refractivity contribution in [2.75, 3.05) is 46.8 Å². The smallest absolute Gasteiger partial charge is 0.224 e. The molecule has 0 aliphatic carbocycles. The number of rotatable bonds is 11. The largest absolute Gasteiger partial charge is 0.357 e. The lowest BCUT2D eigenvalue weighted by Gasteiger charge is -2.25. The molecule has 0 aromatic rings. The fourth-order valence-corrected chi connectivity index (χ4v) is 2.55. The number of guanidine groups is 1. The van der Waals surface area contributed by atoms with E-state index in [1.807, 2.05) is 18.7 Å². The maximum absolute atomic E-state index is 12.0. The molecule has 2 N–H and O–H groups in total. The molecule has 25 heavy (non-hydrogen) atoms. The molecule has 1 amide bonds. The van der Waals surface area contributed by atoms with E-state index in [-0.39, 0.29) is 29.9 Å². The normalized spacial score (nSPS) is 12.8. The van der Waals surface area contributed by atoms with Crippen LogP contribution in [-0.4, -0.2) is 74.5 Å². The Bertz CT molecular complexity index is 370. The monoisotopic (exact) mass is 469 g/mol. The van der Waals surface area contributed by atoms with Crippen LogP contribution in [0.5, 0.6) is 0 Å². The van der Waals surface area contributed by atoms with Crippen LogP contribution in [0, 0.1) is 5.92 Å². The van der Waals surface area contributed by atoms with Gasteiger partial charge in [-0.25, -0.2) is 0 Å². The van der Waals surface area contributed by atoms with Gasteiger partial charge < -0.3 is 20.4 Å². The molecule has 0 radical (unpaired) electrons. The van der Waals surface area contributed by atoms with Gasteiger partial charge in [-0.05, 0) is 47.2 Å². The quantitative estimate of drug-likeness (QED) is 0.277. The molecule has 1 atom stereocenters. The summed E-state index contributed by atoms with van der Waals surface area (Å²) in [5.74, 6) is 1.63. The van der Waals surface area contributed by atoms with Crippen molar-refractivity contribution in [1.29, 1.82) is 0 Å². The van der Waals surface area contributed by atoms with Crippen LogP contribution in [0.4, 0.5) is 0 Å². The van der Waals surface area contributed by atoms with Crippen LogP contribution < -0.4 is 10.6 Å². The van der Waals surface area contributed by atoms with Gasteiger partial charge in [0.25, 0.3) is 0 Å². The lowest BCUT2D eigenvalue weighted by Crippen LogP contribution is -2.41. The highest BCUT2D eigenvalue weighted by molar-refractivity contribution is 14.0. The van der Waals surface area contributed by atoms with Gasteiger partial charge in [0, 0.05) is 38.6 Å². The Morgan fingerprint density at radius 2 is 1.68 bits per heavy atom. The van der Waals surface area contributed by atoms with Gasteiger partial charge in [0.2, 0.25) is 5.91 Å². The fourth-order valence-electron chi connectivity index (χ4n) is 2.55. The minimum atomic E-state index is 0. The molecule has 0 spiro atoms. The summed E-state index contributed by atoms with van der Waals surface area (Å²) in [7, 11) is 4.21. The van der Waals surface area contributed by atoms with Gasteiger partial charge >= 0.3 is 0 Å². The second-order valence-corrected chi connectivity index (χ2v) is 6.71. The Morgan fingerprint density at radius 3 is 2.12 bits per heavy atom. The van der Waals surface area contributed by atoms with Crippen molar-refractivity contribution in [2.24, 2.45) is 10.9 Å². The Kier molecular flexibility index (Phi) is 16.7. The lowest BCUT2D eigenvalue weighted by molar-refractivity contribution is -0.130. The molecule has 0 heterocycles. The van der Waals surface area contributed by atoms with Gasteiger partial charge in [0.05, 0.1) is 6.54 Å². The summed E-state index contributed by atoms with van der Waals surface area (Å²) < 4.78 is 0. The molecule has 7 heteroatoms. The number of likely N-dealkylation sites (N-methyl/N-ethyl adjacent to an activating group) is 1. The molecule has 6 nitrogen and oxygen atoms in total. The molecule has 0 rings (SSSR count). The summed E-state index contributed by atoms with van der Waals surface area (Å²) in [6.07, 6.45) is 1.62. The first-order chi connectivity index (χ1) is 11.3. The molecule has 0 aliphatic rings. The third-order valence-electron chi connectivity index (χ3n) is 4.03. The number of nitrogens with zero attached hydrogens (tertiary/aromatic N) is 3. The molecular formula is C18H40IN5O. The summed E-state index contributed by atoms with van der Waals surface area (Å²) in [5.41, 5.74) is 0. The van der Waals surface area contributed by atoms with Crippen molar-refractivity contribution in [3.63, 3.8) is 0 Å². The summed E-state index contributed by atoms with van der Waals surface area (Å²) in [4.78, 5) is 20.8. The number of hydrogen-bond acceptors (Lipinski definition) is 3. The third kappa shape index (κ3) is 12.4. The summed E-state index contributed by atoms with van der Waals surface area (Å²) >= 11 is 0. The molecule has 0 aromatic heterocycles. The van der Waals surface area contributed by atoms with E-state index in [4.69, 9.17) is 4.99 Å². The van der Waals surface area contributed by atoms with E-state index in [2.05, 4.69) is 50.4 Å². The maximum atomic E-state index is 12.0. The zero-order valence-corrected chi connectivity index (χ0v) is 19.6. The van der Waals surface area contributed by atoms with Gasteiger partial charge in [0.1, 0.15) is 0 Å². The minimum absolute atomic E-state index is 0. The van der Waals surface area contributed by atoms with Gasteiger partial charge in [-0.15, -0.1) is 24.0 Å². The van der Waals surface area contributed by atoms with Gasteiger partial charge in [-0.2, -0.15) is 0 Å². The second kappa shape index (κ2) is 15.7. The third-order valence-corrected chi connectivity index (χ3v) is 4.03. The van der Waals surface area contributed by atoms with Crippen LogP contribution in [0.25, 0.3) is 0 Å². The molecule has 150 valence electrons. The van der Waals surface area contributed by atoms with Crippen molar-refractivity contribution < 1.29 is 4.79 Å². The first-order valence-electron chi connectivity index (χ1n) is 9.31. The van der Waals surface area contributed by atoms with E-state index in [0.29, 0.717) is 24.9 Å². The second-order valence-electron chi connectivity index (χ2n) is 6.71. The number of nitrogens with one attached hydrogen (secondary N) is 2. The Hall–Kier alpha value is -0.570. The Balaban J connectivity index is 0. The first kappa shape index (κ1) is 26.7. The van der Waals surface area contributed by atoms with Crippen molar-refractivity contribution in [2.45, 2.75) is 53.5 Å². The Labute approximate surface area is 172 Å². The average molecular weight is 469 g/mol. The summed E-state index contributed by atoms with van der Waals surface area (Å²) in [6.45, 7) is 14.3. The van der Waals surface area contributed by atoms with Gasteiger partial charge in [0.15, 0.2) is 5.96 Å². The maximum Gasteiger partial charge on any atom is 0.224 e. The molecule has 1 unspecified atom stereocenters. The summed E-state index contributed by atoms with van der Waals surface area (Å²) in [6, 6.07) is 0.428. The SMILES string of the molecule is CCNC(=NCC(CC(C)C)N(C)C)NCCC(=O)N(CC)CC.I. The van der Waals surface area contributed by atoms with Crippen LogP contribution in [0.3, 0.4) is 0 Å². The first-order valence-corrected chi connectivity index (χ1v) is 9.31. The number of aliphatic imine (C=N–C) groups is 1. The van der Waals surface area contributed by atoms with Crippen molar-refractivity contribution >= 4 is 35.8 Å². The van der Waals surface area contributed by atoms with Gasteiger partial charge in [-0.3, -0.25) is 9.79 Å². The molecule has 0 saturated heterocycles. The highest BCUT2D eigenvalue weighted by atomic mass is 127. The van der Waals surface area contributed by atoms with Crippen molar-refractivity contribution in [1.82, 2.24) is 20.4 Å². The van der Waals surface area contributed by atoms with Crippen molar-refractivity contribution in [3.05, 3.63) is 0 Å². The molecule has 0 fully saturated rings. The van der Waals surface area contributed by atoms with Crippen LogP contribution in [0.15, 0.2) is 4.99 Å². The van der Waals surface area contributed by atoms with E-state index < -0.39 is 0 Å². The topological polar surface area (TPSA) is 60.0 Å². The lowest BCUT2D eigenvalue weighted by atomic mass is 10.0. The molecular weight excluding hydrogens is 429 g/mol. The van der Waals surface area contributed by atoms with E-state index in [0.717, 1.165) is 38.6 Å². The van der Waals surface area contributed by atoms with Crippen LogP contribution in [-0.2, 0) is 4.79 Å². The van der Waals surface area contributed by atoms with E-state index >= 15 is 0 Å². The van der Waals surface area contributed by atoms with E-state index in [1.54, 1.807) is 0 Å². The molecule has 0 aliphatic heterocycles. The van der Waals surface area contributed by atoms with Crippen LogP contribution in [0.2, 0.25) is 0 Å². The molecule has 0 saturated carbocycles. The highest BCUT2D eigenvalue weighted by Crippen LogP contribution is 2.09. The predicted molar refractivity (Wildman–Crippen MR) is 119 cm³/mol. The zero-order chi connectivity index (χ0) is 18.5. The van der Waals surface area contributed by atoms with Crippen LogP contribution in [0.1, 0.15) is 47.5 Å². The zero-order valence-electron chi connectivity index (χ0n) is 17.3. The summed E-state index contributed by atoms with van der Waals surface area (Å²) in [5, 5.41) is 6.53. The van der Waals surface area contributed by atoms with Gasteiger partial charge in [-0.1, -0.05) is 13.8 Å².